The summed E-state index contributed by atoms with van der Waals surface area (Å²) in [5.74, 6) is 0. The van der Waals surface area contributed by atoms with E-state index >= 15 is 0 Å². The van der Waals surface area contributed by atoms with Crippen LogP contribution in [0.4, 0.5) is 0 Å². The number of hydrogen-bond donors (Lipinski definition) is 0. The highest BCUT2D eigenvalue weighted by molar-refractivity contribution is 5.65. The largest absolute Gasteiger partial charge is 0.299 e. The molecule has 1 aliphatic rings. The van der Waals surface area contributed by atoms with Crippen LogP contribution < -0.4 is 0 Å². The molecule has 2 nitrogen and oxygen atoms in total. The molecule has 0 saturated carbocycles. The molecule has 0 bridgehead atoms. The molecule has 1 aromatic heterocycles. The molecule has 0 unspecified atom stereocenters. The molecule has 1 aromatic carbocycles. The van der Waals surface area contributed by atoms with Crippen LogP contribution in [0.2, 0.25) is 0 Å². The van der Waals surface area contributed by atoms with E-state index in [9.17, 15) is 0 Å². The van der Waals surface area contributed by atoms with Crippen molar-refractivity contribution in [2.24, 2.45) is 0 Å². The van der Waals surface area contributed by atoms with E-state index in [1.807, 2.05) is 6.07 Å². The van der Waals surface area contributed by atoms with Crippen molar-refractivity contribution < 1.29 is 0 Å². The lowest BCUT2D eigenvalue weighted by atomic mass is 10.00. The first-order valence-electron chi connectivity index (χ1n) is 7.07. The summed E-state index contributed by atoms with van der Waals surface area (Å²) in [5.41, 5.74) is 3.74. The van der Waals surface area contributed by atoms with Crippen molar-refractivity contribution in [3.63, 3.8) is 0 Å². The molecule has 2 aromatic rings. The van der Waals surface area contributed by atoms with Gasteiger partial charge in [0, 0.05) is 18.3 Å². The number of benzene rings is 1. The van der Waals surface area contributed by atoms with Crippen LogP contribution in [0.15, 0.2) is 42.6 Å². The predicted molar refractivity (Wildman–Crippen MR) is 77.6 cm³/mol. The van der Waals surface area contributed by atoms with Crippen LogP contribution in [0.3, 0.4) is 0 Å². The number of nitrogens with zero attached hydrogens (tertiary/aromatic N) is 2. The van der Waals surface area contributed by atoms with Gasteiger partial charge in [0.05, 0.1) is 6.20 Å². The lowest BCUT2D eigenvalue weighted by Gasteiger charge is -2.27. The Morgan fingerprint density at radius 3 is 2.63 bits per heavy atom. The Labute approximate surface area is 115 Å². The Bertz CT molecular complexity index is 516. The molecule has 19 heavy (non-hydrogen) atoms. The molecule has 1 fully saturated rings. The Morgan fingerprint density at radius 2 is 1.84 bits per heavy atom. The van der Waals surface area contributed by atoms with E-state index in [1.165, 1.54) is 43.5 Å². The van der Waals surface area contributed by atoms with Crippen molar-refractivity contribution in [3.8, 4) is 11.1 Å². The average Bonchev–Trinajstić information content (AvgIpc) is 2.50. The van der Waals surface area contributed by atoms with Crippen LogP contribution in [-0.2, 0) is 6.54 Å². The zero-order valence-corrected chi connectivity index (χ0v) is 11.2. The second-order valence-corrected chi connectivity index (χ2v) is 5.16. The number of likely N-dealkylation sites (tertiary alicyclic amines) is 1. The van der Waals surface area contributed by atoms with Crippen molar-refractivity contribution in [3.05, 3.63) is 54.4 Å². The molecule has 0 atom stereocenters. The lowest BCUT2D eigenvalue weighted by molar-refractivity contribution is 0.221. The SMILES string of the molecule is [c]1ncccc1-c1ccccc1CN1CCCCC1. The number of aromatic nitrogens is 1. The van der Waals surface area contributed by atoms with Crippen LogP contribution in [-0.4, -0.2) is 23.0 Å². The highest BCUT2D eigenvalue weighted by Crippen LogP contribution is 2.24. The minimum absolute atomic E-state index is 1.04. The van der Waals surface area contributed by atoms with Crippen molar-refractivity contribution >= 4 is 0 Å². The summed E-state index contributed by atoms with van der Waals surface area (Å²) in [5, 5.41) is 0. The Kier molecular flexibility index (Phi) is 3.89. The molecule has 0 amide bonds. The van der Waals surface area contributed by atoms with Gasteiger partial charge in [0.2, 0.25) is 0 Å². The van der Waals surface area contributed by atoms with Crippen LogP contribution in [0, 0.1) is 6.20 Å². The molecule has 0 N–H and O–H groups in total. The average molecular weight is 251 g/mol. The molecule has 0 spiro atoms. The molecular weight excluding hydrogens is 232 g/mol. The zero-order valence-electron chi connectivity index (χ0n) is 11.2. The minimum atomic E-state index is 1.04. The highest BCUT2D eigenvalue weighted by atomic mass is 15.1. The standard InChI is InChI=1S/C17H19N2/c1-4-11-19(12-5-1)14-16-7-2-3-9-17(16)15-8-6-10-18-13-15/h2-3,6-10H,1,4-5,11-12,14H2. The second-order valence-electron chi connectivity index (χ2n) is 5.16. The van der Waals surface area contributed by atoms with E-state index in [2.05, 4.69) is 46.4 Å². The van der Waals surface area contributed by atoms with Gasteiger partial charge in [0.1, 0.15) is 0 Å². The van der Waals surface area contributed by atoms with Crippen molar-refractivity contribution in [1.82, 2.24) is 9.88 Å². The molecule has 1 saturated heterocycles. The fourth-order valence-corrected chi connectivity index (χ4v) is 2.76. The summed E-state index contributed by atoms with van der Waals surface area (Å²) < 4.78 is 0. The van der Waals surface area contributed by atoms with E-state index < -0.39 is 0 Å². The first-order chi connectivity index (χ1) is 9.43. The number of hydrogen-bond acceptors (Lipinski definition) is 2. The summed E-state index contributed by atoms with van der Waals surface area (Å²) in [4.78, 5) is 6.66. The predicted octanol–water partition coefficient (Wildman–Crippen LogP) is 3.53. The van der Waals surface area contributed by atoms with E-state index in [4.69, 9.17) is 0 Å². The van der Waals surface area contributed by atoms with Gasteiger partial charge in [-0.05, 0) is 43.1 Å². The van der Waals surface area contributed by atoms with Gasteiger partial charge in [-0.15, -0.1) is 0 Å². The topological polar surface area (TPSA) is 16.1 Å². The summed E-state index contributed by atoms with van der Waals surface area (Å²) >= 11 is 0. The van der Waals surface area contributed by atoms with Gasteiger partial charge >= 0.3 is 0 Å². The molecule has 97 valence electrons. The molecule has 3 rings (SSSR count). The zero-order chi connectivity index (χ0) is 12.9. The van der Waals surface area contributed by atoms with Crippen LogP contribution in [0.1, 0.15) is 24.8 Å². The smallest absolute Gasteiger partial charge is 0.0970 e. The number of piperidine rings is 1. The van der Waals surface area contributed by atoms with Crippen molar-refractivity contribution in [1.29, 1.82) is 0 Å². The van der Waals surface area contributed by atoms with Gasteiger partial charge < -0.3 is 0 Å². The van der Waals surface area contributed by atoms with Crippen molar-refractivity contribution in [2.75, 3.05) is 13.1 Å². The maximum absolute atomic E-state index is 4.11. The highest BCUT2D eigenvalue weighted by Gasteiger charge is 2.13. The summed E-state index contributed by atoms with van der Waals surface area (Å²) in [7, 11) is 0. The van der Waals surface area contributed by atoms with Gasteiger partial charge in [-0.2, -0.15) is 0 Å². The molecule has 2 heterocycles. The lowest BCUT2D eigenvalue weighted by Crippen LogP contribution is -2.29. The van der Waals surface area contributed by atoms with E-state index in [0.717, 1.165) is 12.1 Å². The molecule has 1 radical (unpaired) electrons. The Hall–Kier alpha value is -1.67. The summed E-state index contributed by atoms with van der Waals surface area (Å²) in [6.45, 7) is 3.50. The van der Waals surface area contributed by atoms with Crippen LogP contribution in [0.5, 0.6) is 0 Å². The fourth-order valence-electron chi connectivity index (χ4n) is 2.76. The Balaban J connectivity index is 1.85. The fraction of sp³-hybridized carbons (Fsp3) is 0.353. The third kappa shape index (κ3) is 3.02. The molecular formula is C17H19N2. The molecule has 0 aliphatic carbocycles. The van der Waals surface area contributed by atoms with Crippen LogP contribution >= 0.6 is 0 Å². The van der Waals surface area contributed by atoms with Crippen LogP contribution in [0.25, 0.3) is 11.1 Å². The number of rotatable bonds is 3. The molecule has 2 heteroatoms. The maximum atomic E-state index is 4.11. The molecule has 1 aliphatic heterocycles. The quantitative estimate of drug-likeness (QED) is 0.829. The van der Waals surface area contributed by atoms with E-state index in [-0.39, 0.29) is 0 Å². The van der Waals surface area contributed by atoms with Gasteiger partial charge in [-0.3, -0.25) is 9.88 Å². The first kappa shape index (κ1) is 12.4. The van der Waals surface area contributed by atoms with E-state index in [0.29, 0.717) is 0 Å². The van der Waals surface area contributed by atoms with Gasteiger partial charge in [-0.25, -0.2) is 0 Å². The first-order valence-corrected chi connectivity index (χ1v) is 7.07. The van der Waals surface area contributed by atoms with Gasteiger partial charge in [0.25, 0.3) is 0 Å². The normalized spacial score (nSPS) is 16.4. The number of pyridine rings is 1. The minimum Gasteiger partial charge on any atom is -0.299 e. The maximum Gasteiger partial charge on any atom is 0.0970 e. The Morgan fingerprint density at radius 1 is 1.00 bits per heavy atom. The van der Waals surface area contributed by atoms with Crippen molar-refractivity contribution in [2.45, 2.75) is 25.8 Å². The van der Waals surface area contributed by atoms with E-state index in [1.54, 1.807) is 6.20 Å². The monoisotopic (exact) mass is 251 g/mol. The summed E-state index contributed by atoms with van der Waals surface area (Å²) in [6, 6.07) is 12.7. The summed E-state index contributed by atoms with van der Waals surface area (Å²) in [6.07, 6.45) is 8.92. The van der Waals surface area contributed by atoms with Gasteiger partial charge in [-0.1, -0.05) is 36.8 Å². The third-order valence-corrected chi connectivity index (χ3v) is 3.76. The third-order valence-electron chi connectivity index (χ3n) is 3.76. The second kappa shape index (κ2) is 5.98. The van der Waals surface area contributed by atoms with Gasteiger partial charge in [0.15, 0.2) is 0 Å².